The second-order valence-corrected chi connectivity index (χ2v) is 6.17. The Morgan fingerprint density at radius 1 is 1.16 bits per heavy atom. The Morgan fingerprint density at radius 2 is 2.08 bits per heavy atom. The fraction of sp³-hybridized carbons (Fsp3) is 0.316. The number of benzene rings is 1. The van der Waals surface area contributed by atoms with Crippen LogP contribution in [0.3, 0.4) is 0 Å². The molecule has 0 radical (unpaired) electrons. The molecule has 0 saturated carbocycles. The van der Waals surface area contributed by atoms with Crippen molar-refractivity contribution in [3.05, 3.63) is 66.3 Å². The van der Waals surface area contributed by atoms with E-state index < -0.39 is 0 Å². The Hall–Kier alpha value is -2.57. The van der Waals surface area contributed by atoms with Gasteiger partial charge in [0.25, 0.3) is 0 Å². The van der Waals surface area contributed by atoms with Crippen LogP contribution in [0.2, 0.25) is 0 Å². The van der Waals surface area contributed by atoms with E-state index in [-0.39, 0.29) is 0 Å². The van der Waals surface area contributed by atoms with E-state index in [2.05, 4.69) is 31.4 Å². The first-order valence-corrected chi connectivity index (χ1v) is 8.63. The third-order valence-electron chi connectivity index (χ3n) is 4.54. The van der Waals surface area contributed by atoms with E-state index >= 15 is 0 Å². The zero-order valence-corrected chi connectivity index (χ0v) is 14.0. The molecule has 1 aliphatic heterocycles. The predicted molar refractivity (Wildman–Crippen MR) is 94.9 cm³/mol. The van der Waals surface area contributed by atoms with Crippen LogP contribution in [0, 0.1) is 0 Å². The van der Waals surface area contributed by atoms with E-state index in [1.807, 2.05) is 48.8 Å². The number of hydrogen-bond acceptors (Lipinski definition) is 6. The fourth-order valence-electron chi connectivity index (χ4n) is 3.22. The minimum absolute atomic E-state index is 0.332. The minimum Gasteiger partial charge on any atom is -0.339 e. The van der Waals surface area contributed by atoms with Gasteiger partial charge in [0.2, 0.25) is 11.7 Å². The van der Waals surface area contributed by atoms with Gasteiger partial charge in [0.1, 0.15) is 0 Å². The van der Waals surface area contributed by atoms with E-state index in [1.165, 1.54) is 5.56 Å². The third kappa shape index (κ3) is 3.75. The van der Waals surface area contributed by atoms with Gasteiger partial charge in [0.05, 0.1) is 0 Å². The van der Waals surface area contributed by atoms with Crippen molar-refractivity contribution in [2.75, 3.05) is 26.2 Å². The lowest BCUT2D eigenvalue weighted by molar-refractivity contribution is 0.159. The molecule has 1 unspecified atom stereocenters. The molecule has 128 valence electrons. The molecule has 6 nitrogen and oxygen atoms in total. The fourth-order valence-corrected chi connectivity index (χ4v) is 3.22. The van der Waals surface area contributed by atoms with Gasteiger partial charge in [-0.15, -0.1) is 0 Å². The molecule has 0 bridgehead atoms. The average Bonchev–Trinajstić information content (AvgIpc) is 3.17. The van der Waals surface area contributed by atoms with Crippen LogP contribution in [0.15, 0.2) is 59.4 Å². The Morgan fingerprint density at radius 3 is 2.92 bits per heavy atom. The van der Waals surface area contributed by atoms with Crippen LogP contribution in [-0.2, 0) is 6.42 Å². The topological polar surface area (TPSA) is 67.1 Å². The monoisotopic (exact) mass is 335 g/mol. The maximum absolute atomic E-state index is 5.44. The van der Waals surface area contributed by atoms with Gasteiger partial charge in [-0.05, 0) is 11.6 Å². The lowest BCUT2D eigenvalue weighted by atomic mass is 10.1. The molecule has 3 heterocycles. The van der Waals surface area contributed by atoms with Crippen molar-refractivity contribution >= 4 is 0 Å². The lowest BCUT2D eigenvalue weighted by Gasteiger charge is -2.36. The van der Waals surface area contributed by atoms with Crippen molar-refractivity contribution in [3.8, 4) is 11.4 Å². The van der Waals surface area contributed by atoms with Crippen molar-refractivity contribution < 1.29 is 4.52 Å². The molecule has 1 aromatic carbocycles. The molecule has 1 N–H and O–H groups in total. The van der Waals surface area contributed by atoms with Crippen LogP contribution >= 0.6 is 0 Å². The van der Waals surface area contributed by atoms with Gasteiger partial charge >= 0.3 is 0 Å². The molecule has 0 aliphatic carbocycles. The summed E-state index contributed by atoms with van der Waals surface area (Å²) in [5.41, 5.74) is 2.22. The molecule has 2 aromatic heterocycles. The molecule has 6 heteroatoms. The van der Waals surface area contributed by atoms with Gasteiger partial charge < -0.3 is 9.84 Å². The largest absolute Gasteiger partial charge is 0.339 e. The Bertz CT molecular complexity index is 790. The highest BCUT2D eigenvalue weighted by Crippen LogP contribution is 2.22. The Kier molecular flexibility index (Phi) is 4.81. The number of aromatic nitrogens is 3. The number of pyridine rings is 1. The summed E-state index contributed by atoms with van der Waals surface area (Å²) < 4.78 is 5.44. The minimum atomic E-state index is 0.332. The normalized spacial score (nSPS) is 18.3. The zero-order valence-electron chi connectivity index (χ0n) is 14.0. The summed E-state index contributed by atoms with van der Waals surface area (Å²) >= 11 is 0. The summed E-state index contributed by atoms with van der Waals surface area (Å²) in [4.78, 5) is 11.2. The second kappa shape index (κ2) is 7.55. The van der Waals surface area contributed by atoms with Gasteiger partial charge in [-0.3, -0.25) is 9.88 Å². The van der Waals surface area contributed by atoms with Gasteiger partial charge in [-0.2, -0.15) is 4.98 Å². The molecule has 0 spiro atoms. The maximum Gasteiger partial charge on any atom is 0.228 e. The number of piperazine rings is 1. The van der Waals surface area contributed by atoms with Crippen molar-refractivity contribution in [1.29, 1.82) is 0 Å². The van der Waals surface area contributed by atoms with Gasteiger partial charge in [0, 0.05) is 56.6 Å². The van der Waals surface area contributed by atoms with Crippen molar-refractivity contribution in [3.63, 3.8) is 0 Å². The van der Waals surface area contributed by atoms with E-state index in [0.29, 0.717) is 17.8 Å². The molecular formula is C19H21N5O. The first kappa shape index (κ1) is 15.9. The lowest BCUT2D eigenvalue weighted by Crippen LogP contribution is -2.46. The number of nitrogens with one attached hydrogen (secondary N) is 1. The molecule has 1 fully saturated rings. The number of nitrogens with zero attached hydrogens (tertiary/aromatic N) is 4. The first-order valence-electron chi connectivity index (χ1n) is 8.63. The van der Waals surface area contributed by atoms with Crippen LogP contribution < -0.4 is 5.32 Å². The summed E-state index contributed by atoms with van der Waals surface area (Å²) in [6, 6.07) is 14.4. The Labute approximate surface area is 146 Å². The standard InChI is InChI=1S/C19H21N5O/c1-2-5-15(6-3-1)19-22-18(25-23-19)8-11-24-12-10-21-14-17(24)16-7-4-9-20-13-16/h1-7,9,13,17,21H,8,10-12,14H2. The molecule has 3 aromatic rings. The molecular weight excluding hydrogens is 314 g/mol. The number of hydrogen-bond donors (Lipinski definition) is 1. The summed E-state index contributed by atoms with van der Waals surface area (Å²) in [5.74, 6) is 1.34. The van der Waals surface area contributed by atoms with Gasteiger partial charge in [0.15, 0.2) is 0 Å². The summed E-state index contributed by atoms with van der Waals surface area (Å²) in [6.07, 6.45) is 4.51. The van der Waals surface area contributed by atoms with Crippen molar-refractivity contribution in [2.24, 2.45) is 0 Å². The maximum atomic E-state index is 5.44. The third-order valence-corrected chi connectivity index (χ3v) is 4.54. The number of rotatable bonds is 5. The van der Waals surface area contributed by atoms with Crippen LogP contribution in [-0.4, -0.2) is 46.2 Å². The predicted octanol–water partition coefficient (Wildman–Crippen LogP) is 2.32. The summed E-state index contributed by atoms with van der Waals surface area (Å²) in [6.45, 7) is 3.82. The summed E-state index contributed by atoms with van der Waals surface area (Å²) in [5, 5.41) is 7.57. The van der Waals surface area contributed by atoms with Crippen molar-refractivity contribution in [1.82, 2.24) is 25.3 Å². The molecule has 4 rings (SSSR count). The quantitative estimate of drug-likeness (QED) is 0.772. The molecule has 25 heavy (non-hydrogen) atoms. The van der Waals surface area contributed by atoms with Gasteiger partial charge in [-0.1, -0.05) is 41.6 Å². The smallest absolute Gasteiger partial charge is 0.228 e. The van der Waals surface area contributed by atoms with E-state index in [9.17, 15) is 0 Å². The molecule has 1 saturated heterocycles. The highest BCUT2D eigenvalue weighted by Gasteiger charge is 2.24. The highest BCUT2D eigenvalue weighted by molar-refractivity contribution is 5.53. The molecule has 0 amide bonds. The zero-order chi connectivity index (χ0) is 16.9. The second-order valence-electron chi connectivity index (χ2n) is 6.17. The van der Waals surface area contributed by atoms with Gasteiger partial charge in [-0.25, -0.2) is 0 Å². The Balaban J connectivity index is 1.42. The molecule has 1 aliphatic rings. The van der Waals surface area contributed by atoms with E-state index in [4.69, 9.17) is 4.52 Å². The van der Waals surface area contributed by atoms with Crippen LogP contribution in [0.25, 0.3) is 11.4 Å². The molecule has 1 atom stereocenters. The van der Waals surface area contributed by atoms with Crippen LogP contribution in [0.4, 0.5) is 0 Å². The van der Waals surface area contributed by atoms with Crippen molar-refractivity contribution in [2.45, 2.75) is 12.5 Å². The van der Waals surface area contributed by atoms with E-state index in [0.717, 1.165) is 38.2 Å². The summed E-state index contributed by atoms with van der Waals surface area (Å²) in [7, 11) is 0. The van der Waals surface area contributed by atoms with Crippen LogP contribution in [0.1, 0.15) is 17.5 Å². The van der Waals surface area contributed by atoms with Crippen LogP contribution in [0.5, 0.6) is 0 Å². The SMILES string of the molecule is c1ccc(-c2noc(CCN3CCNCC3c3cccnc3)n2)cc1. The first-order chi connectivity index (χ1) is 12.4. The van der Waals surface area contributed by atoms with E-state index in [1.54, 1.807) is 0 Å². The highest BCUT2D eigenvalue weighted by atomic mass is 16.5. The average molecular weight is 335 g/mol.